The number of nitrogens with zero attached hydrogens (tertiary/aromatic N) is 4. The van der Waals surface area contributed by atoms with Crippen molar-refractivity contribution in [2.24, 2.45) is 0 Å². The third-order valence-electron chi connectivity index (χ3n) is 4.24. The van der Waals surface area contributed by atoms with E-state index in [1.165, 1.54) is 11.3 Å². The highest BCUT2D eigenvalue weighted by atomic mass is 32.1. The van der Waals surface area contributed by atoms with Crippen molar-refractivity contribution in [3.05, 3.63) is 65.6 Å². The highest BCUT2D eigenvalue weighted by Gasteiger charge is 2.22. The maximum Gasteiger partial charge on any atom is 0.231 e. The van der Waals surface area contributed by atoms with Crippen molar-refractivity contribution >= 4 is 23.1 Å². The summed E-state index contributed by atoms with van der Waals surface area (Å²) in [6, 6.07) is 11.1. The van der Waals surface area contributed by atoms with Crippen LogP contribution in [0.15, 0.2) is 58.7 Å². The Balaban J connectivity index is 1.55. The van der Waals surface area contributed by atoms with Gasteiger partial charge in [-0.1, -0.05) is 26.8 Å². The fraction of sp³-hybridized carbons (Fsp3) is 0.238. The molecule has 1 N–H and O–H groups in total. The number of nitrogens with one attached hydrogen (secondary N) is 1. The van der Waals surface area contributed by atoms with E-state index in [1.807, 2.05) is 41.8 Å². The van der Waals surface area contributed by atoms with Crippen molar-refractivity contribution in [1.82, 2.24) is 19.7 Å². The van der Waals surface area contributed by atoms with Crippen LogP contribution in [-0.2, 0) is 16.6 Å². The molecule has 4 aromatic rings. The molecule has 0 saturated heterocycles. The topological polar surface area (TPSA) is 85.8 Å². The van der Waals surface area contributed by atoms with Crippen molar-refractivity contribution in [1.29, 1.82) is 0 Å². The Morgan fingerprint density at radius 2 is 2.10 bits per heavy atom. The predicted octanol–water partition coefficient (Wildman–Crippen LogP) is 4.46. The Morgan fingerprint density at radius 3 is 2.79 bits per heavy atom. The molecule has 0 aliphatic carbocycles. The molecule has 4 rings (SSSR count). The van der Waals surface area contributed by atoms with Crippen LogP contribution in [0.25, 0.3) is 16.6 Å². The van der Waals surface area contributed by atoms with Gasteiger partial charge in [0, 0.05) is 23.1 Å². The van der Waals surface area contributed by atoms with Gasteiger partial charge in [-0.05, 0) is 24.3 Å². The number of pyridine rings is 1. The molecular formula is C21H21N5O2S. The molecule has 0 aliphatic rings. The van der Waals surface area contributed by atoms with E-state index in [9.17, 15) is 4.79 Å². The van der Waals surface area contributed by atoms with Gasteiger partial charge in [0.25, 0.3) is 0 Å². The molecular weight excluding hydrogens is 386 g/mol. The van der Waals surface area contributed by atoms with E-state index in [1.54, 1.807) is 17.1 Å². The molecule has 4 heterocycles. The molecule has 1 amide bonds. The van der Waals surface area contributed by atoms with Crippen LogP contribution in [0.2, 0.25) is 0 Å². The number of anilines is 1. The number of aromatic nitrogens is 4. The molecule has 0 aliphatic heterocycles. The van der Waals surface area contributed by atoms with Crippen LogP contribution < -0.4 is 5.32 Å². The molecule has 0 radical (unpaired) electrons. The Hall–Kier alpha value is -3.26. The molecule has 0 fully saturated rings. The molecule has 7 nitrogen and oxygen atoms in total. The smallest absolute Gasteiger partial charge is 0.231 e. The highest BCUT2D eigenvalue weighted by molar-refractivity contribution is 7.13. The van der Waals surface area contributed by atoms with Crippen LogP contribution in [0.5, 0.6) is 0 Å². The fourth-order valence-electron chi connectivity index (χ4n) is 2.74. The van der Waals surface area contributed by atoms with Gasteiger partial charge >= 0.3 is 0 Å². The van der Waals surface area contributed by atoms with E-state index in [4.69, 9.17) is 4.42 Å². The number of thiazole rings is 1. The molecule has 0 atom stereocenters. The highest BCUT2D eigenvalue weighted by Crippen LogP contribution is 2.27. The second-order valence-corrected chi connectivity index (χ2v) is 8.47. The number of hydrogen-bond donors (Lipinski definition) is 1. The zero-order valence-corrected chi connectivity index (χ0v) is 17.2. The van der Waals surface area contributed by atoms with Crippen molar-refractivity contribution < 1.29 is 9.21 Å². The summed E-state index contributed by atoms with van der Waals surface area (Å²) in [5, 5.41) is 10.2. The summed E-state index contributed by atoms with van der Waals surface area (Å²) >= 11 is 1.45. The predicted molar refractivity (Wildman–Crippen MR) is 112 cm³/mol. The number of amides is 1. The number of furan rings is 1. The molecule has 0 aromatic carbocycles. The minimum Gasteiger partial charge on any atom is -0.462 e. The van der Waals surface area contributed by atoms with Gasteiger partial charge in [-0.25, -0.2) is 9.97 Å². The molecule has 0 unspecified atom stereocenters. The largest absolute Gasteiger partial charge is 0.462 e. The maximum atomic E-state index is 12.7. The first-order valence-electron chi connectivity index (χ1n) is 9.20. The normalized spacial score (nSPS) is 11.6. The lowest BCUT2D eigenvalue weighted by Crippen LogP contribution is -2.17. The summed E-state index contributed by atoms with van der Waals surface area (Å²) in [5.41, 5.74) is 1.40. The van der Waals surface area contributed by atoms with Gasteiger partial charge in [0.05, 0.1) is 24.1 Å². The van der Waals surface area contributed by atoms with E-state index in [-0.39, 0.29) is 17.7 Å². The van der Waals surface area contributed by atoms with Crippen molar-refractivity contribution in [2.45, 2.75) is 32.6 Å². The summed E-state index contributed by atoms with van der Waals surface area (Å²) in [6.07, 6.45) is 3.47. The molecule has 148 valence electrons. The average Bonchev–Trinajstić information content (AvgIpc) is 3.42. The average molecular weight is 407 g/mol. The Labute approximate surface area is 172 Å². The Kier molecular flexibility index (Phi) is 5.02. The van der Waals surface area contributed by atoms with Crippen LogP contribution in [-0.4, -0.2) is 25.7 Å². The van der Waals surface area contributed by atoms with Crippen molar-refractivity contribution in [3.8, 4) is 16.6 Å². The second-order valence-electron chi connectivity index (χ2n) is 7.61. The minimum absolute atomic E-state index is 0.160. The first-order chi connectivity index (χ1) is 13.9. The fourth-order valence-corrected chi connectivity index (χ4v) is 3.53. The molecule has 0 bridgehead atoms. The second kappa shape index (κ2) is 7.63. The minimum atomic E-state index is -0.168. The third kappa shape index (κ3) is 4.27. The third-order valence-corrected chi connectivity index (χ3v) is 5.14. The van der Waals surface area contributed by atoms with Crippen molar-refractivity contribution in [2.75, 3.05) is 5.32 Å². The molecule has 0 saturated carbocycles. The molecule has 4 aromatic heterocycles. The zero-order chi connectivity index (χ0) is 20.4. The monoisotopic (exact) mass is 407 g/mol. The van der Waals surface area contributed by atoms with Gasteiger partial charge in [-0.3, -0.25) is 4.79 Å². The van der Waals surface area contributed by atoms with Crippen LogP contribution in [0, 0.1) is 0 Å². The van der Waals surface area contributed by atoms with Crippen LogP contribution in [0.3, 0.4) is 0 Å². The molecule has 8 heteroatoms. The lowest BCUT2D eigenvalue weighted by atomic mass is 9.92. The molecule has 29 heavy (non-hydrogen) atoms. The summed E-state index contributed by atoms with van der Waals surface area (Å²) in [6.45, 7) is 6.24. The lowest BCUT2D eigenvalue weighted by molar-refractivity contribution is -0.115. The van der Waals surface area contributed by atoms with Gasteiger partial charge in [0.1, 0.15) is 5.82 Å². The van der Waals surface area contributed by atoms with Crippen molar-refractivity contribution in [3.63, 3.8) is 0 Å². The quantitative estimate of drug-likeness (QED) is 0.528. The SMILES string of the molecule is CC(C)(C)c1cc(NC(=O)Cc2csc(-c3ccco3)n2)n(-c2ccccn2)n1. The number of hydrogen-bond acceptors (Lipinski definition) is 6. The number of rotatable bonds is 5. The van der Waals surface area contributed by atoms with E-state index >= 15 is 0 Å². The van der Waals surface area contributed by atoms with Gasteiger partial charge in [-0.2, -0.15) is 9.78 Å². The first kappa shape index (κ1) is 19.1. The van der Waals surface area contributed by atoms with Gasteiger partial charge < -0.3 is 9.73 Å². The Bertz CT molecular complexity index is 1110. The van der Waals surface area contributed by atoms with Gasteiger partial charge in [-0.15, -0.1) is 11.3 Å². The van der Waals surface area contributed by atoms with Crippen LogP contribution >= 0.6 is 11.3 Å². The zero-order valence-electron chi connectivity index (χ0n) is 16.4. The molecule has 0 spiro atoms. The van der Waals surface area contributed by atoms with E-state index in [0.29, 0.717) is 23.1 Å². The van der Waals surface area contributed by atoms with E-state index in [2.05, 4.69) is 41.2 Å². The standard InChI is InChI=1S/C21H21N5O2S/c1-21(2,3)16-12-18(26(25-16)17-8-4-5-9-22-17)24-19(27)11-14-13-29-20(23-14)15-7-6-10-28-15/h4-10,12-13H,11H2,1-3H3,(H,24,27). The van der Waals surface area contributed by atoms with Crippen LogP contribution in [0.4, 0.5) is 5.82 Å². The lowest BCUT2D eigenvalue weighted by Gasteiger charge is -2.13. The van der Waals surface area contributed by atoms with Gasteiger partial charge in [0.2, 0.25) is 5.91 Å². The summed E-state index contributed by atoms with van der Waals surface area (Å²) in [4.78, 5) is 21.5. The van der Waals surface area contributed by atoms with Gasteiger partial charge in [0.15, 0.2) is 16.6 Å². The first-order valence-corrected chi connectivity index (χ1v) is 10.1. The summed E-state index contributed by atoms with van der Waals surface area (Å²) in [5.74, 6) is 1.76. The number of carbonyl (C=O) groups is 1. The Morgan fingerprint density at radius 1 is 1.24 bits per heavy atom. The maximum absolute atomic E-state index is 12.7. The summed E-state index contributed by atoms with van der Waals surface area (Å²) < 4.78 is 7.02. The van der Waals surface area contributed by atoms with Crippen LogP contribution in [0.1, 0.15) is 32.2 Å². The van der Waals surface area contributed by atoms with E-state index < -0.39 is 0 Å². The van der Waals surface area contributed by atoms with E-state index in [0.717, 1.165) is 10.7 Å². The summed E-state index contributed by atoms with van der Waals surface area (Å²) in [7, 11) is 0. The number of carbonyl (C=O) groups excluding carboxylic acids is 1.